The van der Waals surface area contributed by atoms with E-state index in [9.17, 15) is 26.4 Å². The summed E-state index contributed by atoms with van der Waals surface area (Å²) in [5.41, 5.74) is -0.128. The fraction of sp³-hybridized carbons (Fsp3) is 0.200. The number of hydrogen-bond acceptors (Lipinski definition) is 6. The third-order valence-electron chi connectivity index (χ3n) is 2.16. The van der Waals surface area contributed by atoms with E-state index in [-0.39, 0.29) is 70.2 Å². The maximum Gasteiger partial charge on any atom is 0.272 e. The summed E-state index contributed by atoms with van der Waals surface area (Å²) in [6.07, 6.45) is 0. The largest absolute Gasteiger partial charge is 0.293 e. The number of benzene rings is 1. The van der Waals surface area contributed by atoms with E-state index >= 15 is 0 Å². The Bertz CT molecular complexity index is 673. The molecule has 0 bridgehead atoms. The van der Waals surface area contributed by atoms with Crippen molar-refractivity contribution in [2.75, 3.05) is 11.5 Å². The molecule has 0 aliphatic heterocycles. The summed E-state index contributed by atoms with van der Waals surface area (Å²) in [5, 5.41) is 0. The Hall–Kier alpha value is 0.380. The Balaban J connectivity index is 0. The number of ketones is 2. The van der Waals surface area contributed by atoms with Crippen molar-refractivity contribution >= 4 is 90.9 Å². The van der Waals surface area contributed by atoms with Gasteiger partial charge < -0.3 is 0 Å². The van der Waals surface area contributed by atoms with Crippen LogP contribution in [0.5, 0.6) is 0 Å². The first-order valence-corrected chi connectivity index (χ1v) is 8.26. The van der Waals surface area contributed by atoms with Gasteiger partial charge in [-0.25, -0.2) is 0 Å². The van der Waals surface area contributed by atoms with Crippen LogP contribution >= 0.6 is 0 Å². The van der Waals surface area contributed by atoms with Crippen LogP contribution in [0.4, 0.5) is 0 Å². The summed E-state index contributed by atoms with van der Waals surface area (Å²) in [6.45, 7) is 0. The van der Waals surface area contributed by atoms with Gasteiger partial charge in [0.25, 0.3) is 20.2 Å². The normalized spacial score (nSPS) is 11.0. The summed E-state index contributed by atoms with van der Waals surface area (Å²) < 4.78 is 59.2. The molecule has 0 aliphatic rings. The maximum atomic E-state index is 11.4. The number of carbonyl (C=O) groups is 2. The third-order valence-corrected chi connectivity index (χ3v) is 3.41. The third kappa shape index (κ3) is 9.50. The van der Waals surface area contributed by atoms with E-state index in [1.165, 1.54) is 0 Å². The summed E-state index contributed by atoms with van der Waals surface area (Å²) in [6, 6.07) is 4.46. The van der Waals surface area contributed by atoms with E-state index in [1.54, 1.807) is 0 Å². The predicted molar refractivity (Wildman–Crippen MR) is 79.4 cm³/mol. The molecule has 0 amide bonds. The maximum absolute atomic E-state index is 11.4. The molecule has 112 valence electrons. The van der Waals surface area contributed by atoms with Crippen LogP contribution in [0, 0.1) is 0 Å². The summed E-state index contributed by atoms with van der Waals surface area (Å²) >= 11 is 0. The Kier molecular flexibility index (Phi) is 10.8. The number of hydrogen-bond donors (Lipinski definition) is 2. The summed E-state index contributed by atoms with van der Waals surface area (Å²) in [4.78, 5) is 22.8. The SMILES string of the molecule is O=C(CS(=O)(=O)O)c1ccc(C(=O)CS(=O)(=O)O)cc1.[Na].[Na]. The standard InChI is InChI=1S/C10H10O8S2.2Na/c11-9(5-19(13,14)15)7-1-2-8(4-3-7)10(12)6-20(16,17)18;;/h1-4H,5-6H2,(H,13,14,15)(H,16,17,18);;. The second-order valence-corrected chi connectivity index (χ2v) is 6.78. The van der Waals surface area contributed by atoms with Crippen molar-refractivity contribution in [3.8, 4) is 0 Å². The van der Waals surface area contributed by atoms with Gasteiger partial charge in [-0.2, -0.15) is 16.8 Å². The molecule has 0 atom stereocenters. The molecule has 0 fully saturated rings. The first-order chi connectivity index (χ1) is 8.98. The number of carbonyl (C=O) groups excluding carboxylic acids is 2. The van der Waals surface area contributed by atoms with E-state index in [4.69, 9.17) is 9.11 Å². The van der Waals surface area contributed by atoms with E-state index in [0.717, 1.165) is 24.3 Å². The molecule has 2 N–H and O–H groups in total. The van der Waals surface area contributed by atoms with Gasteiger partial charge in [0.2, 0.25) is 0 Å². The average Bonchev–Trinajstić information content (AvgIpc) is 2.24. The predicted octanol–water partition coefficient (Wildman–Crippen LogP) is -0.934. The fourth-order valence-corrected chi connectivity index (χ4v) is 2.34. The van der Waals surface area contributed by atoms with Gasteiger partial charge in [0.1, 0.15) is 11.5 Å². The second kappa shape index (κ2) is 9.62. The van der Waals surface area contributed by atoms with E-state index in [2.05, 4.69) is 0 Å². The smallest absolute Gasteiger partial charge is 0.272 e. The molecule has 1 aromatic rings. The molecule has 0 saturated heterocycles. The molecule has 22 heavy (non-hydrogen) atoms. The van der Waals surface area contributed by atoms with Gasteiger partial charge in [0, 0.05) is 70.2 Å². The van der Waals surface area contributed by atoms with Crippen molar-refractivity contribution in [1.29, 1.82) is 0 Å². The van der Waals surface area contributed by atoms with Gasteiger partial charge in [-0.15, -0.1) is 0 Å². The molecular formula is C10H10Na2O8S2. The zero-order valence-electron chi connectivity index (χ0n) is 11.9. The monoisotopic (exact) mass is 368 g/mol. The van der Waals surface area contributed by atoms with Crippen molar-refractivity contribution in [3.05, 3.63) is 35.4 Å². The first-order valence-electron chi connectivity index (χ1n) is 5.05. The zero-order valence-corrected chi connectivity index (χ0v) is 17.5. The van der Waals surface area contributed by atoms with Gasteiger partial charge >= 0.3 is 0 Å². The van der Waals surface area contributed by atoms with Gasteiger partial charge in [-0.3, -0.25) is 18.7 Å². The molecule has 0 aliphatic carbocycles. The van der Waals surface area contributed by atoms with Gasteiger partial charge in [-0.1, -0.05) is 24.3 Å². The van der Waals surface area contributed by atoms with Crippen LogP contribution in [-0.2, 0) is 20.2 Å². The molecule has 12 heteroatoms. The van der Waals surface area contributed by atoms with Crippen LogP contribution in [0.3, 0.4) is 0 Å². The minimum Gasteiger partial charge on any atom is -0.293 e. The van der Waals surface area contributed by atoms with Gasteiger partial charge in [0.15, 0.2) is 11.6 Å². The second-order valence-electron chi connectivity index (χ2n) is 3.88. The van der Waals surface area contributed by atoms with Crippen molar-refractivity contribution in [1.82, 2.24) is 0 Å². The average molecular weight is 368 g/mol. The molecule has 0 spiro atoms. The van der Waals surface area contributed by atoms with Crippen LogP contribution in [0.2, 0.25) is 0 Å². The molecule has 1 rings (SSSR count). The molecule has 0 unspecified atom stereocenters. The van der Waals surface area contributed by atoms with Crippen LogP contribution in [0.1, 0.15) is 20.7 Å². The summed E-state index contributed by atoms with van der Waals surface area (Å²) in [5.74, 6) is -3.93. The van der Waals surface area contributed by atoms with E-state index < -0.39 is 43.3 Å². The van der Waals surface area contributed by atoms with E-state index in [1.807, 2.05) is 0 Å². The van der Waals surface area contributed by atoms with Crippen molar-refractivity contribution in [3.63, 3.8) is 0 Å². The molecule has 8 nitrogen and oxygen atoms in total. The first kappa shape index (κ1) is 24.6. The molecular weight excluding hydrogens is 358 g/mol. The summed E-state index contributed by atoms with van der Waals surface area (Å²) in [7, 11) is -8.90. The van der Waals surface area contributed by atoms with Crippen molar-refractivity contribution in [2.45, 2.75) is 0 Å². The Labute approximate surface area is 171 Å². The molecule has 1 aromatic carbocycles. The van der Waals surface area contributed by atoms with Gasteiger partial charge in [0.05, 0.1) is 0 Å². The molecule has 0 heterocycles. The van der Waals surface area contributed by atoms with Crippen LogP contribution in [-0.4, -0.2) is 108 Å². The van der Waals surface area contributed by atoms with Crippen LogP contribution in [0.25, 0.3) is 0 Å². The van der Waals surface area contributed by atoms with Crippen molar-refractivity contribution < 1.29 is 35.5 Å². The van der Waals surface area contributed by atoms with Gasteiger partial charge in [-0.05, 0) is 0 Å². The van der Waals surface area contributed by atoms with Crippen LogP contribution < -0.4 is 0 Å². The topological polar surface area (TPSA) is 143 Å². The Morgan fingerprint density at radius 3 is 1.14 bits per heavy atom. The quantitative estimate of drug-likeness (QED) is 0.372. The minimum absolute atomic E-state index is 0. The molecule has 0 saturated carbocycles. The fourth-order valence-electron chi connectivity index (χ4n) is 1.34. The zero-order chi connectivity index (χ0) is 15.6. The Morgan fingerprint density at radius 2 is 0.955 bits per heavy atom. The minimum atomic E-state index is -4.45. The number of Topliss-reactive ketones (excluding diaryl/α,β-unsaturated/α-hetero) is 2. The van der Waals surface area contributed by atoms with Crippen molar-refractivity contribution in [2.24, 2.45) is 0 Å². The Morgan fingerprint density at radius 1 is 0.727 bits per heavy atom. The molecule has 2 radical (unpaired) electrons. The number of rotatable bonds is 6. The van der Waals surface area contributed by atoms with Crippen LogP contribution in [0.15, 0.2) is 24.3 Å². The van der Waals surface area contributed by atoms with E-state index in [0.29, 0.717) is 0 Å². The molecule has 0 aromatic heterocycles.